The highest BCUT2D eigenvalue weighted by Crippen LogP contribution is 2.49. The van der Waals surface area contributed by atoms with Crippen molar-refractivity contribution >= 4 is 11.8 Å². The Morgan fingerprint density at radius 1 is 1.25 bits per heavy atom. The molecule has 2 amide bonds. The van der Waals surface area contributed by atoms with E-state index in [0.717, 1.165) is 37.3 Å². The van der Waals surface area contributed by atoms with Crippen molar-refractivity contribution < 1.29 is 9.59 Å². The largest absolute Gasteiger partial charge is 0.342 e. The molecule has 3 fully saturated rings. The van der Waals surface area contributed by atoms with Crippen LogP contribution >= 0.6 is 0 Å². The van der Waals surface area contributed by atoms with Crippen molar-refractivity contribution in [3.05, 3.63) is 48.3 Å². The number of nitrogens with zero attached hydrogens (tertiary/aromatic N) is 5. The summed E-state index contributed by atoms with van der Waals surface area (Å²) in [5.41, 5.74) is 1.14. The average molecular weight is 436 g/mol. The number of aromatic nitrogens is 3. The molecule has 5 rings (SSSR count). The smallest absolute Gasteiger partial charge is 0.231 e. The molecule has 4 heterocycles. The lowest BCUT2D eigenvalue weighted by Gasteiger charge is -2.42. The van der Waals surface area contributed by atoms with Crippen molar-refractivity contribution in [1.82, 2.24) is 24.3 Å². The summed E-state index contributed by atoms with van der Waals surface area (Å²) in [5.74, 6) is 0.870. The second-order valence-corrected chi connectivity index (χ2v) is 10.1. The second kappa shape index (κ2) is 8.34. The molecule has 2 aromatic rings. The van der Waals surface area contributed by atoms with Crippen LogP contribution in [0, 0.1) is 11.3 Å². The number of hydrogen-bond donors (Lipinski definition) is 0. The Morgan fingerprint density at radius 2 is 2.09 bits per heavy atom. The first-order chi connectivity index (χ1) is 15.5. The maximum Gasteiger partial charge on any atom is 0.231 e. The molecule has 2 aromatic heterocycles. The lowest BCUT2D eigenvalue weighted by atomic mass is 9.70. The van der Waals surface area contributed by atoms with Gasteiger partial charge in [-0.25, -0.2) is 4.98 Å². The Kier molecular flexibility index (Phi) is 5.51. The van der Waals surface area contributed by atoms with E-state index in [1.807, 2.05) is 29.4 Å². The molecule has 0 bridgehead atoms. The molecule has 0 N–H and O–H groups in total. The quantitative estimate of drug-likeness (QED) is 0.699. The van der Waals surface area contributed by atoms with Gasteiger partial charge in [-0.2, -0.15) is 0 Å². The van der Waals surface area contributed by atoms with Crippen LogP contribution in [0.2, 0.25) is 0 Å². The predicted octanol–water partition coefficient (Wildman–Crippen LogP) is 3.05. The predicted molar refractivity (Wildman–Crippen MR) is 121 cm³/mol. The summed E-state index contributed by atoms with van der Waals surface area (Å²) in [7, 11) is 0. The van der Waals surface area contributed by atoms with E-state index in [-0.39, 0.29) is 24.2 Å². The number of amides is 2. The highest BCUT2D eigenvalue weighted by molar-refractivity contribution is 5.88. The number of carbonyl (C=O) groups excluding carboxylic acids is 2. The molecule has 2 saturated heterocycles. The Morgan fingerprint density at radius 3 is 2.78 bits per heavy atom. The van der Waals surface area contributed by atoms with Gasteiger partial charge < -0.3 is 14.4 Å². The Bertz CT molecular complexity index is 983. The first kappa shape index (κ1) is 21.2. The van der Waals surface area contributed by atoms with E-state index in [9.17, 15) is 9.59 Å². The molecular formula is C25H33N5O2. The van der Waals surface area contributed by atoms with Crippen LogP contribution in [-0.4, -0.2) is 62.3 Å². The zero-order valence-electron chi connectivity index (χ0n) is 19.1. The third kappa shape index (κ3) is 3.93. The van der Waals surface area contributed by atoms with Crippen LogP contribution in [0.5, 0.6) is 0 Å². The van der Waals surface area contributed by atoms with Gasteiger partial charge in [0.25, 0.3) is 0 Å². The summed E-state index contributed by atoms with van der Waals surface area (Å²) in [6, 6.07) is 5.95. The molecule has 2 atom stereocenters. The first-order valence-electron chi connectivity index (χ1n) is 12.0. The Hall–Kier alpha value is -2.70. The molecule has 170 valence electrons. The molecule has 1 spiro atoms. The number of rotatable bonds is 6. The highest BCUT2D eigenvalue weighted by atomic mass is 16.2. The van der Waals surface area contributed by atoms with Crippen LogP contribution in [0.3, 0.4) is 0 Å². The van der Waals surface area contributed by atoms with Gasteiger partial charge in [0, 0.05) is 56.2 Å². The number of pyridine rings is 1. The Balaban J connectivity index is 1.44. The molecule has 7 heteroatoms. The van der Waals surface area contributed by atoms with Crippen molar-refractivity contribution in [1.29, 1.82) is 0 Å². The number of imidazole rings is 1. The topological polar surface area (TPSA) is 71.3 Å². The van der Waals surface area contributed by atoms with Gasteiger partial charge in [0.15, 0.2) is 0 Å². The average Bonchev–Trinajstić information content (AvgIpc) is 3.31. The monoisotopic (exact) mass is 435 g/mol. The van der Waals surface area contributed by atoms with Crippen LogP contribution in [-0.2, 0) is 16.0 Å². The van der Waals surface area contributed by atoms with Crippen LogP contribution in [0.15, 0.2) is 36.9 Å². The molecule has 1 saturated carbocycles. The van der Waals surface area contributed by atoms with Gasteiger partial charge in [-0.3, -0.25) is 14.6 Å². The molecule has 0 unspecified atom stereocenters. The number of carbonyl (C=O) groups is 2. The van der Waals surface area contributed by atoms with Crippen molar-refractivity contribution in [3.63, 3.8) is 0 Å². The van der Waals surface area contributed by atoms with Gasteiger partial charge in [0.2, 0.25) is 11.8 Å². The normalized spacial score (nSPS) is 25.8. The van der Waals surface area contributed by atoms with E-state index < -0.39 is 5.41 Å². The fraction of sp³-hybridized carbons (Fsp3) is 0.600. The summed E-state index contributed by atoms with van der Waals surface area (Å²) < 4.78 is 2.09. The minimum absolute atomic E-state index is 0.0426. The summed E-state index contributed by atoms with van der Waals surface area (Å²) in [4.78, 5) is 40.2. The summed E-state index contributed by atoms with van der Waals surface area (Å²) in [6.45, 7) is 6.99. The van der Waals surface area contributed by atoms with E-state index in [4.69, 9.17) is 4.98 Å². The van der Waals surface area contributed by atoms with Crippen LogP contribution in [0.25, 0.3) is 0 Å². The van der Waals surface area contributed by atoms with Crippen molar-refractivity contribution in [2.24, 2.45) is 11.3 Å². The van der Waals surface area contributed by atoms with E-state index in [2.05, 4.69) is 34.5 Å². The maximum absolute atomic E-state index is 13.9. The highest BCUT2D eigenvalue weighted by Gasteiger charge is 2.57. The third-order valence-corrected chi connectivity index (χ3v) is 7.47. The van der Waals surface area contributed by atoms with Crippen molar-refractivity contribution in [3.8, 4) is 0 Å². The van der Waals surface area contributed by atoms with Crippen LogP contribution in [0.4, 0.5) is 0 Å². The fourth-order valence-corrected chi connectivity index (χ4v) is 5.43. The molecule has 7 nitrogen and oxygen atoms in total. The molecule has 0 aromatic carbocycles. The van der Waals surface area contributed by atoms with Crippen molar-refractivity contribution in [2.75, 3.05) is 26.2 Å². The minimum Gasteiger partial charge on any atom is -0.342 e. The SMILES string of the molecule is CC(C)n1cnc([C@H]2CN(C(=O)Cc3ccccn3)C[C@@]23CCCN(CC2CC2)C3=O)c1. The third-order valence-electron chi connectivity index (χ3n) is 7.47. The lowest BCUT2D eigenvalue weighted by Crippen LogP contribution is -2.53. The Labute approximate surface area is 189 Å². The van der Waals surface area contributed by atoms with E-state index >= 15 is 0 Å². The molecular weight excluding hydrogens is 402 g/mol. The van der Waals surface area contributed by atoms with E-state index in [1.54, 1.807) is 6.20 Å². The van der Waals surface area contributed by atoms with Gasteiger partial charge >= 0.3 is 0 Å². The number of piperidine rings is 1. The second-order valence-electron chi connectivity index (χ2n) is 10.1. The standard InChI is InChI=1S/C25H33N5O2/c1-18(2)30-15-22(27-17-30)21-14-29(23(31)12-20-6-3-4-10-26-20)16-25(21)9-5-11-28(24(25)32)13-19-7-8-19/h3-4,6,10,15,17-19,21H,5,7-9,11-14,16H2,1-2H3/t21-,25+/m1/s1. The molecule has 0 radical (unpaired) electrons. The van der Waals surface area contributed by atoms with Crippen LogP contribution in [0.1, 0.15) is 62.9 Å². The molecule has 32 heavy (non-hydrogen) atoms. The number of likely N-dealkylation sites (tertiary alicyclic amines) is 2. The van der Waals surface area contributed by atoms with Gasteiger partial charge in [0.05, 0.1) is 23.9 Å². The van der Waals surface area contributed by atoms with Gasteiger partial charge in [0.1, 0.15) is 0 Å². The first-order valence-corrected chi connectivity index (χ1v) is 12.0. The van der Waals surface area contributed by atoms with Crippen LogP contribution < -0.4 is 0 Å². The van der Waals surface area contributed by atoms with Crippen molar-refractivity contribution in [2.45, 2.75) is 57.9 Å². The summed E-state index contributed by atoms with van der Waals surface area (Å²) in [5, 5.41) is 0. The zero-order chi connectivity index (χ0) is 22.3. The van der Waals surface area contributed by atoms with Gasteiger partial charge in [-0.1, -0.05) is 6.07 Å². The number of hydrogen-bond acceptors (Lipinski definition) is 4. The lowest BCUT2D eigenvalue weighted by molar-refractivity contribution is -0.147. The maximum atomic E-state index is 13.9. The minimum atomic E-state index is -0.566. The van der Waals surface area contributed by atoms with Gasteiger partial charge in [-0.05, 0) is 57.6 Å². The zero-order valence-corrected chi connectivity index (χ0v) is 19.1. The van der Waals surface area contributed by atoms with E-state index in [0.29, 0.717) is 25.0 Å². The summed E-state index contributed by atoms with van der Waals surface area (Å²) in [6.07, 6.45) is 10.2. The molecule has 3 aliphatic rings. The fourth-order valence-electron chi connectivity index (χ4n) is 5.43. The van der Waals surface area contributed by atoms with E-state index in [1.165, 1.54) is 12.8 Å². The molecule has 2 aliphatic heterocycles. The van der Waals surface area contributed by atoms with Gasteiger partial charge in [-0.15, -0.1) is 0 Å². The molecule has 1 aliphatic carbocycles. The summed E-state index contributed by atoms with van der Waals surface area (Å²) >= 11 is 0.